The second-order valence-electron chi connectivity index (χ2n) is 4.34. The third kappa shape index (κ3) is 4.32. The topological polar surface area (TPSA) is 46.6 Å². The van der Waals surface area contributed by atoms with Gasteiger partial charge < -0.3 is 9.64 Å². The van der Waals surface area contributed by atoms with E-state index in [-0.39, 0.29) is 17.8 Å². The molecule has 0 N–H and O–H groups in total. The van der Waals surface area contributed by atoms with Crippen molar-refractivity contribution >= 4 is 11.9 Å². The number of carbonyl (C=O) groups is 2. The molecule has 4 nitrogen and oxygen atoms in total. The molecule has 0 saturated carbocycles. The van der Waals surface area contributed by atoms with Gasteiger partial charge in [-0.3, -0.25) is 4.79 Å². The summed E-state index contributed by atoms with van der Waals surface area (Å²) in [5, 5.41) is 0. The minimum Gasteiger partial charge on any atom is -0.447 e. The van der Waals surface area contributed by atoms with Crippen molar-refractivity contribution < 1.29 is 14.3 Å². The SMILES string of the molecule is CC(=O)C(C(C)C)N(C)C(=O)OC(C)C. The van der Waals surface area contributed by atoms with Crippen LogP contribution in [0.5, 0.6) is 0 Å². The maximum atomic E-state index is 11.6. The first kappa shape index (κ1) is 13.9. The van der Waals surface area contributed by atoms with Gasteiger partial charge in [-0.15, -0.1) is 0 Å². The van der Waals surface area contributed by atoms with Crippen molar-refractivity contribution in [1.82, 2.24) is 4.90 Å². The number of carbonyl (C=O) groups excluding carboxylic acids is 2. The van der Waals surface area contributed by atoms with Gasteiger partial charge in [0.1, 0.15) is 0 Å². The molecule has 0 spiro atoms. The summed E-state index contributed by atoms with van der Waals surface area (Å²) in [6.07, 6.45) is -0.612. The van der Waals surface area contributed by atoms with Crippen LogP contribution in [0.15, 0.2) is 0 Å². The molecular formula is C11H21NO3. The van der Waals surface area contributed by atoms with Gasteiger partial charge in [0, 0.05) is 7.05 Å². The Bertz CT molecular complexity index is 236. The Balaban J connectivity index is 4.57. The van der Waals surface area contributed by atoms with Crippen LogP contribution in [0.3, 0.4) is 0 Å². The quantitative estimate of drug-likeness (QED) is 0.721. The van der Waals surface area contributed by atoms with Gasteiger partial charge in [0.25, 0.3) is 0 Å². The fraction of sp³-hybridized carbons (Fsp3) is 0.818. The number of likely N-dealkylation sites (N-methyl/N-ethyl adjacent to an activating group) is 1. The average Bonchev–Trinajstić information content (AvgIpc) is 2.00. The first-order valence-electron chi connectivity index (χ1n) is 5.21. The van der Waals surface area contributed by atoms with E-state index in [1.807, 2.05) is 13.8 Å². The zero-order valence-corrected chi connectivity index (χ0v) is 10.4. The van der Waals surface area contributed by atoms with E-state index >= 15 is 0 Å². The Morgan fingerprint density at radius 2 is 1.60 bits per heavy atom. The first-order valence-corrected chi connectivity index (χ1v) is 5.21. The fourth-order valence-corrected chi connectivity index (χ4v) is 1.59. The molecule has 0 aliphatic rings. The van der Waals surface area contributed by atoms with Crippen molar-refractivity contribution in [3.8, 4) is 0 Å². The van der Waals surface area contributed by atoms with Crippen molar-refractivity contribution in [3.05, 3.63) is 0 Å². The van der Waals surface area contributed by atoms with Crippen LogP contribution in [-0.4, -0.2) is 36.0 Å². The summed E-state index contributed by atoms with van der Waals surface area (Å²) in [5.41, 5.74) is 0. The Morgan fingerprint density at radius 3 is 1.87 bits per heavy atom. The number of hydrogen-bond acceptors (Lipinski definition) is 3. The molecule has 0 aromatic heterocycles. The molecule has 0 saturated heterocycles. The Kier molecular flexibility index (Phi) is 5.33. The molecule has 0 rings (SSSR count). The standard InChI is InChI=1S/C11H21NO3/c1-7(2)10(9(5)13)12(6)11(14)15-8(3)4/h7-8,10H,1-6H3. The van der Waals surface area contributed by atoms with Crippen molar-refractivity contribution in [2.45, 2.75) is 46.8 Å². The molecule has 1 amide bonds. The van der Waals surface area contributed by atoms with Crippen LogP contribution < -0.4 is 0 Å². The Morgan fingerprint density at radius 1 is 1.13 bits per heavy atom. The molecule has 0 bridgehead atoms. The minimum atomic E-state index is -0.445. The van der Waals surface area contributed by atoms with Crippen molar-refractivity contribution in [2.24, 2.45) is 5.92 Å². The third-order valence-electron chi connectivity index (χ3n) is 2.09. The molecule has 1 unspecified atom stereocenters. The summed E-state index contributed by atoms with van der Waals surface area (Å²) < 4.78 is 5.03. The van der Waals surface area contributed by atoms with E-state index in [2.05, 4.69) is 0 Å². The van der Waals surface area contributed by atoms with Crippen molar-refractivity contribution in [3.63, 3.8) is 0 Å². The number of amides is 1. The summed E-state index contributed by atoms with van der Waals surface area (Å²) in [5.74, 6) is 0.0698. The maximum Gasteiger partial charge on any atom is 0.410 e. The number of Topliss-reactive ketones (excluding diaryl/α,β-unsaturated/α-hetero) is 1. The number of ketones is 1. The molecule has 4 heteroatoms. The highest BCUT2D eigenvalue weighted by molar-refractivity contribution is 5.85. The van der Waals surface area contributed by atoms with Crippen LogP contribution in [0.2, 0.25) is 0 Å². The first-order chi connectivity index (χ1) is 6.77. The van der Waals surface area contributed by atoms with Crippen LogP contribution in [0.4, 0.5) is 4.79 Å². The second-order valence-corrected chi connectivity index (χ2v) is 4.34. The highest BCUT2D eigenvalue weighted by Gasteiger charge is 2.28. The fourth-order valence-electron chi connectivity index (χ4n) is 1.59. The molecular weight excluding hydrogens is 194 g/mol. The summed E-state index contributed by atoms with van der Waals surface area (Å²) >= 11 is 0. The van der Waals surface area contributed by atoms with Gasteiger partial charge in [-0.2, -0.15) is 0 Å². The highest BCUT2D eigenvalue weighted by Crippen LogP contribution is 2.12. The number of rotatable bonds is 4. The van der Waals surface area contributed by atoms with E-state index in [1.54, 1.807) is 20.9 Å². The van der Waals surface area contributed by atoms with Gasteiger partial charge in [-0.05, 0) is 26.7 Å². The van der Waals surface area contributed by atoms with E-state index in [4.69, 9.17) is 4.74 Å². The molecule has 0 radical (unpaired) electrons. The van der Waals surface area contributed by atoms with Crippen molar-refractivity contribution in [2.75, 3.05) is 7.05 Å². The second kappa shape index (κ2) is 5.73. The molecule has 15 heavy (non-hydrogen) atoms. The molecule has 0 fully saturated rings. The smallest absolute Gasteiger partial charge is 0.410 e. The predicted octanol–water partition coefficient (Wildman–Crippen LogP) is 2.08. The summed E-state index contributed by atoms with van der Waals surface area (Å²) in [4.78, 5) is 24.3. The van der Waals surface area contributed by atoms with Gasteiger partial charge >= 0.3 is 6.09 Å². The lowest BCUT2D eigenvalue weighted by Crippen LogP contribution is -2.45. The zero-order chi connectivity index (χ0) is 12.2. The lowest BCUT2D eigenvalue weighted by Gasteiger charge is -2.29. The van der Waals surface area contributed by atoms with Crippen LogP contribution in [-0.2, 0) is 9.53 Å². The Labute approximate surface area is 91.6 Å². The van der Waals surface area contributed by atoms with E-state index in [0.29, 0.717) is 0 Å². The largest absolute Gasteiger partial charge is 0.447 e. The van der Waals surface area contributed by atoms with Crippen LogP contribution >= 0.6 is 0 Å². The lowest BCUT2D eigenvalue weighted by atomic mass is 10.00. The van der Waals surface area contributed by atoms with Gasteiger partial charge in [-0.25, -0.2) is 4.79 Å². The number of nitrogens with zero attached hydrogens (tertiary/aromatic N) is 1. The zero-order valence-electron chi connectivity index (χ0n) is 10.4. The maximum absolute atomic E-state index is 11.6. The summed E-state index contributed by atoms with van der Waals surface area (Å²) in [7, 11) is 1.59. The monoisotopic (exact) mass is 215 g/mol. The van der Waals surface area contributed by atoms with Gasteiger partial charge in [0.05, 0.1) is 12.1 Å². The number of ether oxygens (including phenoxy) is 1. The van der Waals surface area contributed by atoms with E-state index in [0.717, 1.165) is 0 Å². The molecule has 0 aliphatic heterocycles. The molecule has 88 valence electrons. The number of hydrogen-bond donors (Lipinski definition) is 0. The van der Waals surface area contributed by atoms with Gasteiger partial charge in [0.2, 0.25) is 0 Å². The van der Waals surface area contributed by atoms with Crippen molar-refractivity contribution in [1.29, 1.82) is 0 Å². The van der Waals surface area contributed by atoms with Crippen LogP contribution in [0.1, 0.15) is 34.6 Å². The van der Waals surface area contributed by atoms with Crippen LogP contribution in [0.25, 0.3) is 0 Å². The molecule has 0 aliphatic carbocycles. The van der Waals surface area contributed by atoms with Crippen LogP contribution in [0, 0.1) is 5.92 Å². The molecule has 1 atom stereocenters. The summed E-state index contributed by atoms with van der Waals surface area (Å²) in [6.45, 7) is 8.87. The van der Waals surface area contributed by atoms with Gasteiger partial charge in [-0.1, -0.05) is 13.8 Å². The molecule has 0 heterocycles. The Hall–Kier alpha value is -1.06. The average molecular weight is 215 g/mol. The molecule has 0 aromatic rings. The van der Waals surface area contributed by atoms with Gasteiger partial charge in [0.15, 0.2) is 5.78 Å². The molecule has 0 aromatic carbocycles. The minimum absolute atomic E-state index is 0.0202. The normalized spacial score (nSPS) is 12.8. The van der Waals surface area contributed by atoms with E-state index in [9.17, 15) is 9.59 Å². The van der Waals surface area contributed by atoms with E-state index < -0.39 is 12.1 Å². The highest BCUT2D eigenvalue weighted by atomic mass is 16.6. The lowest BCUT2D eigenvalue weighted by molar-refractivity contribution is -0.122. The third-order valence-corrected chi connectivity index (χ3v) is 2.09. The summed E-state index contributed by atoms with van der Waals surface area (Å²) in [6, 6.07) is -0.406. The van der Waals surface area contributed by atoms with E-state index in [1.165, 1.54) is 11.8 Å². The predicted molar refractivity (Wildman–Crippen MR) is 58.7 cm³/mol.